The van der Waals surface area contributed by atoms with E-state index in [0.717, 1.165) is 4.90 Å². The maximum absolute atomic E-state index is 12.7. The molecule has 1 aliphatic heterocycles. The summed E-state index contributed by atoms with van der Waals surface area (Å²) in [6, 6.07) is 8.83. The number of rotatable bonds is 6. The van der Waals surface area contributed by atoms with Gasteiger partial charge in [-0.2, -0.15) is 0 Å². The molecule has 1 atom stereocenters. The Morgan fingerprint density at radius 1 is 1.19 bits per heavy atom. The van der Waals surface area contributed by atoms with Gasteiger partial charge in [0.05, 0.1) is 12.8 Å². The van der Waals surface area contributed by atoms with Crippen molar-refractivity contribution in [1.29, 1.82) is 0 Å². The van der Waals surface area contributed by atoms with Gasteiger partial charge in [0.15, 0.2) is 11.3 Å². The molecule has 0 radical (unpaired) electrons. The van der Waals surface area contributed by atoms with E-state index in [2.05, 4.69) is 10.6 Å². The van der Waals surface area contributed by atoms with Crippen molar-refractivity contribution in [2.75, 3.05) is 11.9 Å². The second kappa shape index (κ2) is 7.06. The number of benzene rings is 1. The molecule has 0 unspecified atom stereocenters. The molecule has 1 saturated heterocycles. The van der Waals surface area contributed by atoms with E-state index in [1.165, 1.54) is 25.3 Å². The van der Waals surface area contributed by atoms with Crippen molar-refractivity contribution >= 4 is 29.3 Å². The summed E-state index contributed by atoms with van der Waals surface area (Å²) in [5.41, 5.74) is -0.440. The van der Waals surface area contributed by atoms with Crippen LogP contribution in [0.1, 0.15) is 36.4 Å². The van der Waals surface area contributed by atoms with Gasteiger partial charge in [-0.15, -0.1) is 0 Å². The molecule has 4 amide bonds. The lowest BCUT2D eigenvalue weighted by molar-refractivity contribution is -0.131. The SMILES string of the molecule is CCC(=O)Nc1ccc(C(=O)CN2C(=O)N[C@@](C)(c3ccco3)C2=O)cc1. The molecule has 1 aliphatic rings. The predicted octanol–water partition coefficient (Wildman–Crippen LogP) is 2.28. The van der Waals surface area contributed by atoms with Crippen LogP contribution in [-0.4, -0.2) is 35.1 Å². The number of Topliss-reactive ketones (excluding diaryl/α,β-unsaturated/α-hetero) is 1. The molecule has 0 spiro atoms. The predicted molar refractivity (Wildman–Crippen MR) is 96.0 cm³/mol. The lowest BCUT2D eigenvalue weighted by atomic mass is 9.99. The molecule has 140 valence electrons. The van der Waals surface area contributed by atoms with Gasteiger partial charge in [0.1, 0.15) is 5.76 Å². The quantitative estimate of drug-likeness (QED) is 0.600. The molecule has 1 aromatic carbocycles. The van der Waals surface area contributed by atoms with Gasteiger partial charge >= 0.3 is 6.03 Å². The third-order valence-corrected chi connectivity index (χ3v) is 4.40. The number of hydrogen-bond donors (Lipinski definition) is 2. The minimum atomic E-state index is -1.34. The lowest BCUT2D eigenvalue weighted by Gasteiger charge is -2.18. The summed E-state index contributed by atoms with van der Waals surface area (Å²) >= 11 is 0. The average molecular weight is 369 g/mol. The second-order valence-electron chi connectivity index (χ2n) is 6.33. The van der Waals surface area contributed by atoms with E-state index in [1.807, 2.05) is 0 Å². The van der Waals surface area contributed by atoms with Crippen LogP contribution in [0.3, 0.4) is 0 Å². The van der Waals surface area contributed by atoms with E-state index in [4.69, 9.17) is 4.42 Å². The van der Waals surface area contributed by atoms with E-state index in [0.29, 0.717) is 23.4 Å². The van der Waals surface area contributed by atoms with Gasteiger partial charge in [0.2, 0.25) is 5.91 Å². The zero-order valence-electron chi connectivity index (χ0n) is 14.9. The summed E-state index contributed by atoms with van der Waals surface area (Å²) in [6.07, 6.45) is 1.76. The Bertz CT molecular complexity index is 889. The van der Waals surface area contributed by atoms with Crippen molar-refractivity contribution in [3.05, 3.63) is 54.0 Å². The highest BCUT2D eigenvalue weighted by molar-refractivity contribution is 6.11. The number of nitrogens with zero attached hydrogens (tertiary/aromatic N) is 1. The summed E-state index contributed by atoms with van der Waals surface area (Å²) in [7, 11) is 0. The third-order valence-electron chi connectivity index (χ3n) is 4.40. The van der Waals surface area contributed by atoms with E-state index in [-0.39, 0.29) is 12.5 Å². The summed E-state index contributed by atoms with van der Waals surface area (Å²) < 4.78 is 5.25. The topological polar surface area (TPSA) is 109 Å². The van der Waals surface area contributed by atoms with Gasteiger partial charge in [-0.1, -0.05) is 6.92 Å². The van der Waals surface area contributed by atoms with Crippen molar-refractivity contribution in [1.82, 2.24) is 10.2 Å². The average Bonchev–Trinajstić information content (AvgIpc) is 3.27. The van der Waals surface area contributed by atoms with Gasteiger partial charge in [0, 0.05) is 17.7 Å². The molecule has 8 heteroatoms. The number of anilines is 1. The van der Waals surface area contributed by atoms with Crippen LogP contribution in [0.4, 0.5) is 10.5 Å². The maximum atomic E-state index is 12.7. The summed E-state index contributed by atoms with van der Waals surface area (Å²) in [5.74, 6) is -0.782. The highest BCUT2D eigenvalue weighted by Crippen LogP contribution is 2.29. The largest absolute Gasteiger partial charge is 0.466 e. The van der Waals surface area contributed by atoms with Crippen LogP contribution < -0.4 is 10.6 Å². The Kier molecular flexibility index (Phi) is 4.81. The van der Waals surface area contributed by atoms with Gasteiger partial charge in [-0.05, 0) is 43.3 Å². The fourth-order valence-corrected chi connectivity index (χ4v) is 2.79. The molecular formula is C19H19N3O5. The number of furan rings is 1. The Balaban J connectivity index is 1.71. The Labute approximate surface area is 155 Å². The van der Waals surface area contributed by atoms with E-state index >= 15 is 0 Å². The molecule has 8 nitrogen and oxygen atoms in total. The standard InChI is InChI=1S/C19H19N3O5/c1-3-16(24)20-13-8-6-12(7-9-13)14(23)11-22-17(25)19(2,21-18(22)26)15-5-4-10-27-15/h4-10H,3,11H2,1-2H3,(H,20,24)(H,21,26)/t19-/m0/s1. The smallest absolute Gasteiger partial charge is 0.325 e. The number of carbonyl (C=O) groups excluding carboxylic acids is 4. The first kappa shape index (κ1) is 18.4. The molecule has 2 N–H and O–H groups in total. The lowest BCUT2D eigenvalue weighted by Crippen LogP contribution is -2.41. The van der Waals surface area contributed by atoms with Crippen molar-refractivity contribution in [3.8, 4) is 0 Å². The van der Waals surface area contributed by atoms with Gasteiger partial charge in [0.25, 0.3) is 5.91 Å². The van der Waals surface area contributed by atoms with Gasteiger partial charge in [-0.3, -0.25) is 19.3 Å². The molecule has 2 aromatic rings. The zero-order valence-corrected chi connectivity index (χ0v) is 14.9. The Morgan fingerprint density at radius 3 is 2.48 bits per heavy atom. The Morgan fingerprint density at radius 2 is 1.89 bits per heavy atom. The molecule has 1 fully saturated rings. The van der Waals surface area contributed by atoms with Crippen molar-refractivity contribution in [2.45, 2.75) is 25.8 Å². The molecule has 0 saturated carbocycles. The third kappa shape index (κ3) is 3.46. The summed E-state index contributed by atoms with van der Waals surface area (Å²) in [4.78, 5) is 49.7. The van der Waals surface area contributed by atoms with Crippen molar-refractivity contribution in [2.24, 2.45) is 0 Å². The number of nitrogens with one attached hydrogen (secondary N) is 2. The first-order valence-corrected chi connectivity index (χ1v) is 8.46. The number of hydrogen-bond acceptors (Lipinski definition) is 5. The minimum absolute atomic E-state index is 0.134. The summed E-state index contributed by atoms with van der Waals surface area (Å²) in [5, 5.41) is 5.25. The van der Waals surface area contributed by atoms with Gasteiger partial charge < -0.3 is 15.1 Å². The van der Waals surface area contributed by atoms with Crippen LogP contribution in [0.15, 0.2) is 47.1 Å². The van der Waals surface area contributed by atoms with E-state index < -0.39 is 23.3 Å². The molecule has 27 heavy (non-hydrogen) atoms. The highest BCUT2D eigenvalue weighted by Gasteiger charge is 2.51. The fraction of sp³-hybridized carbons (Fsp3) is 0.263. The minimum Gasteiger partial charge on any atom is -0.466 e. The number of amides is 4. The van der Waals surface area contributed by atoms with Crippen LogP contribution in [-0.2, 0) is 15.1 Å². The van der Waals surface area contributed by atoms with E-state index in [9.17, 15) is 19.2 Å². The normalized spacial score (nSPS) is 19.1. The van der Waals surface area contributed by atoms with Crippen LogP contribution in [0.5, 0.6) is 0 Å². The van der Waals surface area contributed by atoms with Crippen LogP contribution in [0.2, 0.25) is 0 Å². The molecule has 0 aliphatic carbocycles. The molecule has 3 rings (SSSR count). The molecule has 2 heterocycles. The number of imide groups is 1. The monoisotopic (exact) mass is 369 g/mol. The molecule has 0 bridgehead atoms. The zero-order chi connectivity index (χ0) is 19.6. The number of ketones is 1. The first-order chi connectivity index (χ1) is 12.8. The molecular weight excluding hydrogens is 350 g/mol. The fourth-order valence-electron chi connectivity index (χ4n) is 2.79. The number of urea groups is 1. The van der Waals surface area contributed by atoms with Crippen molar-refractivity contribution in [3.63, 3.8) is 0 Å². The van der Waals surface area contributed by atoms with Crippen LogP contribution in [0.25, 0.3) is 0 Å². The maximum Gasteiger partial charge on any atom is 0.325 e. The van der Waals surface area contributed by atoms with Crippen molar-refractivity contribution < 1.29 is 23.6 Å². The highest BCUT2D eigenvalue weighted by atomic mass is 16.3. The summed E-state index contributed by atoms with van der Waals surface area (Å²) in [6.45, 7) is 2.88. The van der Waals surface area contributed by atoms with Gasteiger partial charge in [-0.25, -0.2) is 4.79 Å². The van der Waals surface area contributed by atoms with E-state index in [1.54, 1.807) is 31.2 Å². The van der Waals surface area contributed by atoms with Crippen LogP contribution in [0, 0.1) is 0 Å². The first-order valence-electron chi connectivity index (χ1n) is 8.46. The molecule has 1 aromatic heterocycles. The Hall–Kier alpha value is -3.42. The number of carbonyl (C=O) groups is 4. The van der Waals surface area contributed by atoms with Crippen LogP contribution >= 0.6 is 0 Å². The second-order valence-corrected chi connectivity index (χ2v) is 6.33.